The number of hydrogen-bond donors (Lipinski definition) is 0. The SMILES string of the molecule is CN(CCN1CCO[C@H]2CCCC[C@@H]21)CCN1CCO[C@@H]2CCCC[C@@H]21. The van der Waals surface area contributed by atoms with E-state index in [-0.39, 0.29) is 0 Å². The molecule has 0 amide bonds. The highest BCUT2D eigenvalue weighted by atomic mass is 16.5. The molecule has 0 aromatic rings. The molecule has 0 bridgehead atoms. The lowest BCUT2D eigenvalue weighted by atomic mass is 9.90. The minimum atomic E-state index is 0.513. The van der Waals surface area contributed by atoms with Gasteiger partial charge in [-0.15, -0.1) is 0 Å². The smallest absolute Gasteiger partial charge is 0.0730 e. The van der Waals surface area contributed by atoms with E-state index in [9.17, 15) is 0 Å². The second kappa shape index (κ2) is 9.33. The summed E-state index contributed by atoms with van der Waals surface area (Å²) in [4.78, 5) is 7.98. The van der Waals surface area contributed by atoms with E-state index in [2.05, 4.69) is 21.7 Å². The highest BCUT2D eigenvalue weighted by molar-refractivity contribution is 4.89. The van der Waals surface area contributed by atoms with Crippen molar-refractivity contribution in [3.05, 3.63) is 0 Å². The van der Waals surface area contributed by atoms with Crippen LogP contribution in [0.5, 0.6) is 0 Å². The molecule has 4 aliphatic rings. The van der Waals surface area contributed by atoms with Gasteiger partial charge in [0.15, 0.2) is 0 Å². The molecular formula is C21H39N3O2. The third kappa shape index (κ3) is 4.61. The van der Waals surface area contributed by atoms with Gasteiger partial charge in [0.05, 0.1) is 25.4 Å². The summed E-state index contributed by atoms with van der Waals surface area (Å²) >= 11 is 0. The highest BCUT2D eigenvalue weighted by Gasteiger charge is 2.35. The molecular weight excluding hydrogens is 326 g/mol. The first kappa shape index (κ1) is 19.1. The van der Waals surface area contributed by atoms with Crippen molar-refractivity contribution in [2.75, 3.05) is 59.5 Å². The Kier molecular flexibility index (Phi) is 6.87. The lowest BCUT2D eigenvalue weighted by molar-refractivity contribution is -0.0926. The second-order valence-corrected chi connectivity index (χ2v) is 8.90. The van der Waals surface area contributed by atoms with Gasteiger partial charge in [-0.25, -0.2) is 0 Å². The molecule has 150 valence electrons. The quantitative estimate of drug-likeness (QED) is 0.720. The molecule has 4 atom stereocenters. The largest absolute Gasteiger partial charge is 0.375 e. The van der Waals surface area contributed by atoms with E-state index in [1.807, 2.05) is 0 Å². The maximum Gasteiger partial charge on any atom is 0.0730 e. The third-order valence-electron chi connectivity index (χ3n) is 7.23. The van der Waals surface area contributed by atoms with Gasteiger partial charge >= 0.3 is 0 Å². The molecule has 0 aromatic carbocycles. The molecule has 5 nitrogen and oxygen atoms in total. The molecule has 0 unspecified atom stereocenters. The molecule has 0 N–H and O–H groups in total. The number of fused-ring (bicyclic) bond motifs is 2. The lowest BCUT2D eigenvalue weighted by Crippen LogP contribution is -2.55. The highest BCUT2D eigenvalue weighted by Crippen LogP contribution is 2.29. The van der Waals surface area contributed by atoms with E-state index in [1.165, 1.54) is 77.5 Å². The van der Waals surface area contributed by atoms with Crippen LogP contribution < -0.4 is 0 Å². The van der Waals surface area contributed by atoms with E-state index in [4.69, 9.17) is 9.47 Å². The van der Waals surface area contributed by atoms with Crippen LogP contribution in [0.3, 0.4) is 0 Å². The van der Waals surface area contributed by atoms with Gasteiger partial charge in [-0.2, -0.15) is 0 Å². The van der Waals surface area contributed by atoms with Crippen molar-refractivity contribution in [3.63, 3.8) is 0 Å². The minimum absolute atomic E-state index is 0.513. The zero-order valence-electron chi connectivity index (χ0n) is 16.8. The summed E-state index contributed by atoms with van der Waals surface area (Å²) in [5.41, 5.74) is 0. The molecule has 2 aliphatic carbocycles. The van der Waals surface area contributed by atoms with Gasteiger partial charge in [0.2, 0.25) is 0 Å². The lowest BCUT2D eigenvalue weighted by Gasteiger charge is -2.45. The Morgan fingerprint density at radius 1 is 0.731 bits per heavy atom. The zero-order valence-corrected chi connectivity index (χ0v) is 16.8. The summed E-state index contributed by atoms with van der Waals surface area (Å²) in [5, 5.41) is 0. The number of nitrogens with zero attached hydrogens (tertiary/aromatic N) is 3. The van der Waals surface area contributed by atoms with Crippen molar-refractivity contribution in [2.24, 2.45) is 0 Å². The van der Waals surface area contributed by atoms with Crippen LogP contribution in [0.4, 0.5) is 0 Å². The van der Waals surface area contributed by atoms with Crippen LogP contribution in [0, 0.1) is 0 Å². The normalized spacial score (nSPS) is 36.7. The van der Waals surface area contributed by atoms with Gasteiger partial charge in [0, 0.05) is 51.4 Å². The van der Waals surface area contributed by atoms with Gasteiger partial charge in [-0.1, -0.05) is 25.7 Å². The first-order chi connectivity index (χ1) is 12.8. The van der Waals surface area contributed by atoms with Crippen LogP contribution in [-0.2, 0) is 9.47 Å². The van der Waals surface area contributed by atoms with Gasteiger partial charge in [-0.05, 0) is 32.7 Å². The van der Waals surface area contributed by atoms with Crippen LogP contribution in [-0.4, -0.2) is 98.5 Å². The van der Waals surface area contributed by atoms with Crippen LogP contribution in [0.1, 0.15) is 51.4 Å². The van der Waals surface area contributed by atoms with Crippen molar-refractivity contribution < 1.29 is 9.47 Å². The predicted octanol–water partition coefficient (Wildman–Crippen LogP) is 2.21. The molecule has 0 radical (unpaired) electrons. The third-order valence-corrected chi connectivity index (χ3v) is 7.23. The monoisotopic (exact) mass is 365 g/mol. The van der Waals surface area contributed by atoms with Crippen molar-refractivity contribution in [1.82, 2.24) is 14.7 Å². The standard InChI is InChI=1S/C21H39N3O2/c1-22(10-12-23-14-16-25-20-8-4-2-6-18(20)23)11-13-24-15-17-26-21-9-5-3-7-19(21)24/h18-21H,2-17H2,1H3/t18-,19-,20-,21+/m0/s1. The van der Waals surface area contributed by atoms with E-state index in [0.29, 0.717) is 24.3 Å². The first-order valence-corrected chi connectivity index (χ1v) is 11.2. The fraction of sp³-hybridized carbons (Fsp3) is 1.00. The molecule has 2 aliphatic heterocycles. The Labute approximate surface area is 160 Å². The zero-order chi connectivity index (χ0) is 17.8. The van der Waals surface area contributed by atoms with Gasteiger partial charge in [-0.3, -0.25) is 9.80 Å². The fourth-order valence-corrected chi connectivity index (χ4v) is 5.62. The van der Waals surface area contributed by atoms with Gasteiger partial charge < -0.3 is 14.4 Å². The fourth-order valence-electron chi connectivity index (χ4n) is 5.62. The Hall–Kier alpha value is -0.200. The first-order valence-electron chi connectivity index (χ1n) is 11.2. The second-order valence-electron chi connectivity index (χ2n) is 8.90. The van der Waals surface area contributed by atoms with E-state index in [0.717, 1.165) is 26.3 Å². The molecule has 2 saturated heterocycles. The molecule has 2 heterocycles. The number of likely N-dealkylation sites (N-methyl/N-ethyl adjacent to an activating group) is 1. The Balaban J connectivity index is 1.19. The maximum atomic E-state index is 6.02. The Bertz CT molecular complexity index is 393. The Morgan fingerprint density at radius 3 is 1.69 bits per heavy atom. The summed E-state index contributed by atoms with van der Waals surface area (Å²) in [6, 6.07) is 1.38. The van der Waals surface area contributed by atoms with Crippen LogP contribution in [0.25, 0.3) is 0 Å². The van der Waals surface area contributed by atoms with Crippen molar-refractivity contribution in [3.8, 4) is 0 Å². The number of hydrogen-bond acceptors (Lipinski definition) is 5. The summed E-state index contributed by atoms with van der Waals surface area (Å²) in [6.07, 6.45) is 11.7. The molecule has 4 rings (SSSR count). The summed E-state index contributed by atoms with van der Waals surface area (Å²) in [5.74, 6) is 0. The molecule has 2 saturated carbocycles. The molecule has 5 heteroatoms. The Morgan fingerprint density at radius 2 is 1.19 bits per heavy atom. The van der Waals surface area contributed by atoms with Gasteiger partial charge in [0.25, 0.3) is 0 Å². The average Bonchev–Trinajstić information content (AvgIpc) is 2.70. The van der Waals surface area contributed by atoms with Crippen molar-refractivity contribution in [1.29, 1.82) is 0 Å². The van der Waals surface area contributed by atoms with Gasteiger partial charge in [0.1, 0.15) is 0 Å². The molecule has 0 aromatic heterocycles. The average molecular weight is 366 g/mol. The maximum absolute atomic E-state index is 6.02. The summed E-state index contributed by atoms with van der Waals surface area (Å²) in [6.45, 7) is 8.89. The van der Waals surface area contributed by atoms with Crippen LogP contribution in [0.15, 0.2) is 0 Å². The minimum Gasteiger partial charge on any atom is -0.375 e. The summed E-state index contributed by atoms with van der Waals surface area (Å²) in [7, 11) is 2.30. The number of rotatable bonds is 6. The molecule has 26 heavy (non-hydrogen) atoms. The summed E-state index contributed by atoms with van der Waals surface area (Å²) < 4.78 is 12.0. The number of morpholine rings is 2. The molecule has 4 fully saturated rings. The van der Waals surface area contributed by atoms with Crippen LogP contribution >= 0.6 is 0 Å². The predicted molar refractivity (Wildman–Crippen MR) is 105 cm³/mol. The topological polar surface area (TPSA) is 28.2 Å². The van der Waals surface area contributed by atoms with E-state index >= 15 is 0 Å². The molecule has 0 spiro atoms. The van der Waals surface area contributed by atoms with Crippen molar-refractivity contribution in [2.45, 2.75) is 75.7 Å². The van der Waals surface area contributed by atoms with Crippen molar-refractivity contribution >= 4 is 0 Å². The van der Waals surface area contributed by atoms with Crippen LogP contribution in [0.2, 0.25) is 0 Å². The van der Waals surface area contributed by atoms with E-state index < -0.39 is 0 Å². The van der Waals surface area contributed by atoms with E-state index in [1.54, 1.807) is 0 Å². The number of ether oxygens (including phenoxy) is 2.